The molecule has 5 heteroatoms. The Bertz CT molecular complexity index is 242. The molecule has 0 aliphatic heterocycles. The first-order valence-electron chi connectivity index (χ1n) is 4.54. The van der Waals surface area contributed by atoms with Gasteiger partial charge in [-0.3, -0.25) is 0 Å². The molecule has 0 saturated heterocycles. The van der Waals surface area contributed by atoms with Crippen molar-refractivity contribution >= 4 is 10.0 Å². The summed E-state index contributed by atoms with van der Waals surface area (Å²) in [6.45, 7) is 0. The summed E-state index contributed by atoms with van der Waals surface area (Å²) >= 11 is 0. The summed E-state index contributed by atoms with van der Waals surface area (Å²) in [7, 11) is -1.59. The Balaban J connectivity index is 2.33. The van der Waals surface area contributed by atoms with Crippen molar-refractivity contribution in [3.63, 3.8) is 0 Å². The highest BCUT2D eigenvalue weighted by molar-refractivity contribution is 7.89. The van der Waals surface area contributed by atoms with Gasteiger partial charge in [-0.25, -0.2) is 13.6 Å². The SMILES string of the molecule is COC1CCC(CS(N)(=O)=O)CC1. The molecule has 4 nitrogen and oxygen atoms in total. The molecular weight excluding hydrogens is 190 g/mol. The Morgan fingerprint density at radius 1 is 1.31 bits per heavy atom. The van der Waals surface area contributed by atoms with E-state index in [0.29, 0.717) is 6.10 Å². The molecule has 0 amide bonds. The molecule has 0 aromatic heterocycles. The average molecular weight is 207 g/mol. The van der Waals surface area contributed by atoms with Gasteiger partial charge in [0.1, 0.15) is 0 Å². The summed E-state index contributed by atoms with van der Waals surface area (Å²) in [5.74, 6) is 0.366. The Labute approximate surface area is 79.5 Å². The number of primary sulfonamides is 1. The fourth-order valence-electron chi connectivity index (χ4n) is 1.86. The standard InChI is InChI=1S/C8H17NO3S/c1-12-8-4-2-7(3-5-8)6-13(9,10)11/h7-8H,2-6H2,1H3,(H2,9,10,11). The maximum absolute atomic E-state index is 10.8. The van der Waals surface area contributed by atoms with Gasteiger partial charge in [0.25, 0.3) is 0 Å². The Morgan fingerprint density at radius 3 is 2.23 bits per heavy atom. The molecule has 1 aliphatic rings. The maximum Gasteiger partial charge on any atom is 0.209 e. The van der Waals surface area contributed by atoms with E-state index < -0.39 is 10.0 Å². The zero-order valence-electron chi connectivity index (χ0n) is 7.90. The lowest BCUT2D eigenvalue weighted by molar-refractivity contribution is 0.0597. The van der Waals surface area contributed by atoms with E-state index in [9.17, 15) is 8.42 Å². The number of sulfonamides is 1. The Hall–Kier alpha value is -0.130. The summed E-state index contributed by atoms with van der Waals surface area (Å²) in [5, 5.41) is 4.97. The van der Waals surface area contributed by atoms with Crippen molar-refractivity contribution in [2.24, 2.45) is 11.1 Å². The fraction of sp³-hybridized carbons (Fsp3) is 1.00. The van der Waals surface area contributed by atoms with Gasteiger partial charge in [-0.1, -0.05) is 0 Å². The van der Waals surface area contributed by atoms with Gasteiger partial charge in [0.15, 0.2) is 0 Å². The van der Waals surface area contributed by atoms with Crippen LogP contribution in [-0.2, 0) is 14.8 Å². The minimum Gasteiger partial charge on any atom is -0.381 e. The van der Waals surface area contributed by atoms with E-state index in [1.807, 2.05) is 0 Å². The van der Waals surface area contributed by atoms with Crippen molar-refractivity contribution in [2.45, 2.75) is 31.8 Å². The van der Waals surface area contributed by atoms with E-state index in [4.69, 9.17) is 9.88 Å². The molecule has 0 aromatic rings. The molecule has 1 rings (SSSR count). The molecule has 13 heavy (non-hydrogen) atoms. The first-order chi connectivity index (χ1) is 6.01. The first-order valence-corrected chi connectivity index (χ1v) is 6.26. The molecule has 0 radical (unpaired) electrons. The molecule has 1 aliphatic carbocycles. The quantitative estimate of drug-likeness (QED) is 0.731. The number of methoxy groups -OCH3 is 1. The average Bonchev–Trinajstić information content (AvgIpc) is 2.03. The topological polar surface area (TPSA) is 69.4 Å². The summed E-state index contributed by atoms with van der Waals surface area (Å²) in [6, 6.07) is 0. The lowest BCUT2D eigenvalue weighted by Gasteiger charge is -2.26. The second-order valence-electron chi connectivity index (χ2n) is 3.71. The van der Waals surface area contributed by atoms with Crippen LogP contribution < -0.4 is 5.14 Å². The smallest absolute Gasteiger partial charge is 0.209 e. The zero-order chi connectivity index (χ0) is 9.90. The lowest BCUT2D eigenvalue weighted by atomic mass is 9.89. The van der Waals surface area contributed by atoms with Gasteiger partial charge >= 0.3 is 0 Å². The van der Waals surface area contributed by atoms with Crippen LogP contribution in [0.4, 0.5) is 0 Å². The molecule has 0 heterocycles. The van der Waals surface area contributed by atoms with E-state index in [0.717, 1.165) is 25.7 Å². The highest BCUT2D eigenvalue weighted by Crippen LogP contribution is 2.26. The van der Waals surface area contributed by atoms with Crippen molar-refractivity contribution in [2.75, 3.05) is 12.9 Å². The van der Waals surface area contributed by atoms with Crippen LogP contribution in [0.25, 0.3) is 0 Å². The van der Waals surface area contributed by atoms with Crippen molar-refractivity contribution in [1.82, 2.24) is 0 Å². The summed E-state index contributed by atoms with van der Waals surface area (Å²) < 4.78 is 26.8. The van der Waals surface area contributed by atoms with Crippen LogP contribution in [-0.4, -0.2) is 27.4 Å². The predicted molar refractivity (Wildman–Crippen MR) is 50.7 cm³/mol. The Morgan fingerprint density at radius 2 is 1.85 bits per heavy atom. The van der Waals surface area contributed by atoms with E-state index in [-0.39, 0.29) is 11.7 Å². The van der Waals surface area contributed by atoms with Gasteiger partial charge in [-0.2, -0.15) is 0 Å². The molecule has 78 valence electrons. The predicted octanol–water partition coefficient (Wildman–Crippen LogP) is 0.480. The van der Waals surface area contributed by atoms with Crippen LogP contribution >= 0.6 is 0 Å². The largest absolute Gasteiger partial charge is 0.381 e. The molecule has 0 bridgehead atoms. The van der Waals surface area contributed by atoms with Gasteiger partial charge in [0.2, 0.25) is 10.0 Å². The minimum absolute atomic E-state index is 0.128. The minimum atomic E-state index is -3.29. The third kappa shape index (κ3) is 4.06. The van der Waals surface area contributed by atoms with Crippen LogP contribution in [0.5, 0.6) is 0 Å². The molecule has 2 N–H and O–H groups in total. The van der Waals surface area contributed by atoms with Gasteiger partial charge in [-0.05, 0) is 31.6 Å². The van der Waals surface area contributed by atoms with Gasteiger partial charge in [-0.15, -0.1) is 0 Å². The van der Waals surface area contributed by atoms with Gasteiger partial charge in [0.05, 0.1) is 11.9 Å². The molecule has 1 saturated carbocycles. The molecule has 0 unspecified atom stereocenters. The van der Waals surface area contributed by atoms with E-state index in [1.54, 1.807) is 7.11 Å². The maximum atomic E-state index is 10.8. The number of hydrogen-bond acceptors (Lipinski definition) is 3. The number of ether oxygens (including phenoxy) is 1. The molecular formula is C8H17NO3S. The monoisotopic (exact) mass is 207 g/mol. The third-order valence-electron chi connectivity index (χ3n) is 2.60. The molecule has 0 spiro atoms. The second-order valence-corrected chi connectivity index (χ2v) is 5.37. The van der Waals surface area contributed by atoms with Gasteiger partial charge < -0.3 is 4.74 Å². The van der Waals surface area contributed by atoms with E-state index >= 15 is 0 Å². The van der Waals surface area contributed by atoms with Crippen LogP contribution in [0.2, 0.25) is 0 Å². The molecule has 1 fully saturated rings. The normalized spacial score (nSPS) is 30.3. The highest BCUT2D eigenvalue weighted by atomic mass is 32.2. The number of hydrogen-bond donors (Lipinski definition) is 1. The van der Waals surface area contributed by atoms with Crippen LogP contribution in [0.1, 0.15) is 25.7 Å². The number of rotatable bonds is 3. The Kier molecular flexibility index (Phi) is 3.70. The van der Waals surface area contributed by atoms with Crippen LogP contribution in [0.15, 0.2) is 0 Å². The summed E-state index contributed by atoms with van der Waals surface area (Å²) in [6.07, 6.45) is 4.05. The fourth-order valence-corrected chi connectivity index (χ4v) is 2.85. The van der Waals surface area contributed by atoms with Crippen LogP contribution in [0, 0.1) is 5.92 Å². The van der Waals surface area contributed by atoms with Crippen LogP contribution in [0.3, 0.4) is 0 Å². The van der Waals surface area contributed by atoms with Crippen molar-refractivity contribution in [1.29, 1.82) is 0 Å². The van der Waals surface area contributed by atoms with E-state index in [2.05, 4.69) is 0 Å². The van der Waals surface area contributed by atoms with Crippen molar-refractivity contribution < 1.29 is 13.2 Å². The zero-order valence-corrected chi connectivity index (χ0v) is 8.72. The van der Waals surface area contributed by atoms with Gasteiger partial charge in [0, 0.05) is 7.11 Å². The first kappa shape index (κ1) is 10.9. The third-order valence-corrected chi connectivity index (χ3v) is 3.53. The molecule has 0 atom stereocenters. The second kappa shape index (κ2) is 4.39. The lowest BCUT2D eigenvalue weighted by Crippen LogP contribution is -2.28. The highest BCUT2D eigenvalue weighted by Gasteiger charge is 2.23. The number of nitrogens with two attached hydrogens (primary N) is 1. The van der Waals surface area contributed by atoms with Crippen molar-refractivity contribution in [3.05, 3.63) is 0 Å². The molecule has 0 aromatic carbocycles. The summed E-state index contributed by atoms with van der Waals surface area (Å²) in [5.41, 5.74) is 0. The van der Waals surface area contributed by atoms with Crippen molar-refractivity contribution in [3.8, 4) is 0 Å². The van der Waals surface area contributed by atoms with E-state index in [1.165, 1.54) is 0 Å². The summed E-state index contributed by atoms with van der Waals surface area (Å²) in [4.78, 5) is 0.